The molecule has 3 aromatic rings. The van der Waals surface area contributed by atoms with E-state index in [2.05, 4.69) is 25.9 Å². The molecule has 0 aliphatic carbocycles. The molecule has 0 fully saturated rings. The Bertz CT molecular complexity index is 867. The molecule has 0 atom stereocenters. The van der Waals surface area contributed by atoms with Gasteiger partial charge >= 0.3 is 0 Å². The van der Waals surface area contributed by atoms with Gasteiger partial charge in [-0.1, -0.05) is 12.1 Å². The summed E-state index contributed by atoms with van der Waals surface area (Å²) in [4.78, 5) is 42.2. The second-order valence-corrected chi connectivity index (χ2v) is 5.09. The molecule has 9 nitrogen and oxygen atoms in total. The van der Waals surface area contributed by atoms with Crippen LogP contribution in [0, 0.1) is 0 Å². The van der Waals surface area contributed by atoms with Gasteiger partial charge in [-0.15, -0.1) is 0 Å². The minimum atomic E-state index is -0.508. The molecular formula is C16H15N5O4. The second kappa shape index (κ2) is 7.30. The van der Waals surface area contributed by atoms with Gasteiger partial charge in [0, 0.05) is 0 Å². The lowest BCUT2D eigenvalue weighted by Crippen LogP contribution is -2.40. The quantitative estimate of drug-likeness (QED) is 0.523. The summed E-state index contributed by atoms with van der Waals surface area (Å²) in [6.07, 6.45) is 1.36. The number of nitrogens with one attached hydrogen (secondary N) is 4. The van der Waals surface area contributed by atoms with Gasteiger partial charge in [0.05, 0.1) is 30.4 Å². The summed E-state index contributed by atoms with van der Waals surface area (Å²) >= 11 is 0. The number of imidazole rings is 1. The predicted octanol–water partition coefficient (Wildman–Crippen LogP) is 0.641. The number of benzene rings is 1. The van der Waals surface area contributed by atoms with Crippen molar-refractivity contribution >= 4 is 34.7 Å². The van der Waals surface area contributed by atoms with Crippen LogP contribution in [-0.2, 0) is 9.59 Å². The number of hydrogen-bond donors (Lipinski definition) is 4. The number of furan rings is 1. The van der Waals surface area contributed by atoms with Crippen molar-refractivity contribution in [3.63, 3.8) is 0 Å². The zero-order valence-electron chi connectivity index (χ0n) is 13.0. The Labute approximate surface area is 141 Å². The Kier molecular flexibility index (Phi) is 4.74. The van der Waals surface area contributed by atoms with Crippen LogP contribution < -0.4 is 16.0 Å². The van der Waals surface area contributed by atoms with E-state index < -0.39 is 17.7 Å². The zero-order chi connectivity index (χ0) is 17.6. The van der Waals surface area contributed by atoms with Crippen molar-refractivity contribution < 1.29 is 18.8 Å². The van der Waals surface area contributed by atoms with Crippen LogP contribution in [0.1, 0.15) is 10.6 Å². The number of carbonyl (C=O) groups excluding carboxylic acids is 3. The number of rotatable bonds is 6. The lowest BCUT2D eigenvalue weighted by molar-refractivity contribution is -0.123. The van der Waals surface area contributed by atoms with E-state index in [1.54, 1.807) is 6.07 Å². The molecule has 2 aromatic heterocycles. The van der Waals surface area contributed by atoms with Crippen molar-refractivity contribution in [2.24, 2.45) is 0 Å². The highest BCUT2D eigenvalue weighted by molar-refractivity contribution is 5.96. The van der Waals surface area contributed by atoms with Gasteiger partial charge < -0.3 is 20.0 Å². The van der Waals surface area contributed by atoms with E-state index in [9.17, 15) is 14.4 Å². The molecule has 0 aliphatic rings. The highest BCUT2D eigenvalue weighted by Gasteiger charge is 2.12. The van der Waals surface area contributed by atoms with E-state index in [0.717, 1.165) is 11.0 Å². The van der Waals surface area contributed by atoms with Crippen LogP contribution in [0.4, 0.5) is 5.95 Å². The SMILES string of the molecule is O=C(CNC(=O)c1ccco1)NCC(=O)Nc1nc2ccccc2[nH]1. The van der Waals surface area contributed by atoms with Crippen LogP contribution in [0.5, 0.6) is 0 Å². The number of carbonyl (C=O) groups is 3. The minimum absolute atomic E-state index is 0.107. The molecule has 4 N–H and O–H groups in total. The third kappa shape index (κ3) is 4.22. The lowest BCUT2D eigenvalue weighted by atomic mass is 10.3. The van der Waals surface area contributed by atoms with Gasteiger partial charge in [-0.25, -0.2) is 4.98 Å². The fourth-order valence-corrected chi connectivity index (χ4v) is 2.09. The smallest absolute Gasteiger partial charge is 0.287 e. The van der Waals surface area contributed by atoms with Crippen molar-refractivity contribution in [1.82, 2.24) is 20.6 Å². The molecular weight excluding hydrogens is 326 g/mol. The average molecular weight is 341 g/mol. The number of aromatic nitrogens is 2. The number of H-pyrrole nitrogens is 1. The number of anilines is 1. The number of aromatic amines is 1. The molecule has 3 rings (SSSR count). The van der Waals surface area contributed by atoms with Crippen molar-refractivity contribution in [1.29, 1.82) is 0 Å². The monoisotopic (exact) mass is 341 g/mol. The summed E-state index contributed by atoms with van der Waals surface area (Å²) in [5.41, 5.74) is 1.52. The third-order valence-corrected chi connectivity index (χ3v) is 3.25. The summed E-state index contributed by atoms with van der Waals surface area (Å²) in [5.74, 6) is -1.04. The maximum absolute atomic E-state index is 11.8. The van der Waals surface area contributed by atoms with Gasteiger partial charge in [0.15, 0.2) is 5.76 Å². The Balaban J connectivity index is 1.42. The summed E-state index contributed by atoms with van der Waals surface area (Å²) in [7, 11) is 0. The first-order valence-corrected chi connectivity index (χ1v) is 7.45. The maximum atomic E-state index is 11.8. The van der Waals surface area contributed by atoms with Crippen LogP contribution in [0.25, 0.3) is 11.0 Å². The van der Waals surface area contributed by atoms with E-state index in [0.29, 0.717) is 5.95 Å². The molecule has 0 bridgehead atoms. The highest BCUT2D eigenvalue weighted by atomic mass is 16.3. The largest absolute Gasteiger partial charge is 0.459 e. The fraction of sp³-hybridized carbons (Fsp3) is 0.125. The maximum Gasteiger partial charge on any atom is 0.287 e. The molecule has 0 unspecified atom stereocenters. The van der Waals surface area contributed by atoms with E-state index in [1.165, 1.54) is 12.3 Å². The van der Waals surface area contributed by atoms with Gasteiger partial charge in [0.2, 0.25) is 17.8 Å². The molecule has 0 saturated heterocycles. The van der Waals surface area contributed by atoms with Gasteiger partial charge in [-0.05, 0) is 24.3 Å². The van der Waals surface area contributed by atoms with E-state index >= 15 is 0 Å². The Hall–Kier alpha value is -3.62. The zero-order valence-corrected chi connectivity index (χ0v) is 13.0. The van der Waals surface area contributed by atoms with Gasteiger partial charge in [-0.2, -0.15) is 0 Å². The van der Waals surface area contributed by atoms with Crippen LogP contribution in [-0.4, -0.2) is 40.8 Å². The van der Waals surface area contributed by atoms with E-state index in [4.69, 9.17) is 4.42 Å². The summed E-state index contributed by atoms with van der Waals surface area (Å²) in [6, 6.07) is 10.4. The lowest BCUT2D eigenvalue weighted by Gasteiger charge is -2.06. The number of hydrogen-bond acceptors (Lipinski definition) is 5. The van der Waals surface area contributed by atoms with Crippen molar-refractivity contribution in [3.05, 3.63) is 48.4 Å². The van der Waals surface area contributed by atoms with E-state index in [-0.39, 0.29) is 18.8 Å². The molecule has 0 spiro atoms. The normalized spacial score (nSPS) is 10.4. The van der Waals surface area contributed by atoms with Crippen LogP contribution in [0.2, 0.25) is 0 Å². The molecule has 3 amide bonds. The number of para-hydroxylation sites is 2. The standard InChI is InChI=1S/C16H15N5O4/c22-13(8-18-15(24)12-6-3-7-25-12)17-9-14(23)21-16-19-10-4-1-2-5-11(10)20-16/h1-7H,8-9H2,(H,17,22)(H,18,24)(H2,19,20,21,23). The van der Waals surface area contributed by atoms with Crippen molar-refractivity contribution in [2.45, 2.75) is 0 Å². The summed E-state index contributed by atoms with van der Waals surface area (Å²) < 4.78 is 4.90. The third-order valence-electron chi connectivity index (χ3n) is 3.25. The van der Waals surface area contributed by atoms with Crippen LogP contribution in [0.15, 0.2) is 47.1 Å². The number of amides is 3. The molecule has 25 heavy (non-hydrogen) atoms. The highest BCUT2D eigenvalue weighted by Crippen LogP contribution is 2.12. The van der Waals surface area contributed by atoms with Gasteiger partial charge in [0.25, 0.3) is 5.91 Å². The van der Waals surface area contributed by atoms with Crippen LogP contribution >= 0.6 is 0 Å². The summed E-state index contributed by atoms with van der Waals surface area (Å²) in [6.45, 7) is -0.510. The average Bonchev–Trinajstić information content (AvgIpc) is 3.26. The Morgan fingerprint density at radius 1 is 1.00 bits per heavy atom. The van der Waals surface area contributed by atoms with Crippen molar-refractivity contribution in [2.75, 3.05) is 18.4 Å². The van der Waals surface area contributed by atoms with Crippen molar-refractivity contribution in [3.8, 4) is 0 Å². The molecule has 2 heterocycles. The second-order valence-electron chi connectivity index (χ2n) is 5.09. The molecule has 0 aliphatic heterocycles. The first-order chi connectivity index (χ1) is 12.1. The molecule has 128 valence electrons. The summed E-state index contributed by atoms with van der Waals surface area (Å²) in [5, 5.41) is 7.33. The molecule has 9 heteroatoms. The minimum Gasteiger partial charge on any atom is -0.459 e. The molecule has 0 saturated carbocycles. The molecule has 1 aromatic carbocycles. The van der Waals surface area contributed by atoms with Crippen LogP contribution in [0.3, 0.4) is 0 Å². The van der Waals surface area contributed by atoms with Gasteiger partial charge in [0.1, 0.15) is 0 Å². The fourth-order valence-electron chi connectivity index (χ4n) is 2.09. The predicted molar refractivity (Wildman–Crippen MR) is 88.8 cm³/mol. The Morgan fingerprint density at radius 2 is 1.80 bits per heavy atom. The molecule has 0 radical (unpaired) electrons. The van der Waals surface area contributed by atoms with Gasteiger partial charge in [-0.3, -0.25) is 19.7 Å². The number of nitrogens with zero attached hydrogens (tertiary/aromatic N) is 1. The topological polar surface area (TPSA) is 129 Å². The first-order valence-electron chi connectivity index (χ1n) is 7.45. The number of fused-ring (bicyclic) bond motifs is 1. The Morgan fingerprint density at radius 3 is 2.56 bits per heavy atom. The van der Waals surface area contributed by atoms with E-state index in [1.807, 2.05) is 24.3 Å². The first kappa shape index (κ1) is 16.2.